The Morgan fingerprint density at radius 2 is 2.16 bits per heavy atom. The van der Waals surface area contributed by atoms with Crippen molar-refractivity contribution in [2.45, 2.75) is 25.8 Å². The maximum atomic E-state index is 13.4. The van der Waals surface area contributed by atoms with Crippen molar-refractivity contribution in [3.05, 3.63) is 58.3 Å². The molecule has 3 N–H and O–H groups in total. The first-order chi connectivity index (χ1) is 9.15. The first kappa shape index (κ1) is 14.1. The molecule has 1 unspecified atom stereocenters. The number of benzene rings is 1. The van der Waals surface area contributed by atoms with E-state index in [1.165, 1.54) is 6.07 Å². The summed E-state index contributed by atoms with van der Waals surface area (Å²) >= 11 is 5.94. The van der Waals surface area contributed by atoms with Crippen LogP contribution >= 0.6 is 11.6 Å². The molecule has 1 aromatic carbocycles. The van der Waals surface area contributed by atoms with Crippen LogP contribution in [0.2, 0.25) is 5.02 Å². The molecular weight excluding hydrogens is 267 g/mol. The van der Waals surface area contributed by atoms with Gasteiger partial charge in [-0.2, -0.15) is 0 Å². The van der Waals surface area contributed by atoms with Gasteiger partial charge < -0.3 is 4.42 Å². The first-order valence-corrected chi connectivity index (χ1v) is 6.51. The zero-order valence-corrected chi connectivity index (χ0v) is 11.4. The molecule has 5 heteroatoms. The molecule has 0 aliphatic heterocycles. The van der Waals surface area contributed by atoms with Gasteiger partial charge in [-0.05, 0) is 30.2 Å². The summed E-state index contributed by atoms with van der Waals surface area (Å²) in [5.74, 6) is 6.73. The van der Waals surface area contributed by atoms with Gasteiger partial charge in [-0.15, -0.1) is 0 Å². The van der Waals surface area contributed by atoms with E-state index in [-0.39, 0.29) is 11.1 Å². The standard InChI is InChI=1S/C14H16ClFN2O/c1-2-10-6-7-13(19-10)12(18-17)8-9-4-3-5-11(16)14(9)15/h3-7,12,18H,2,8,17H2,1H3. The van der Waals surface area contributed by atoms with Crippen molar-refractivity contribution in [3.63, 3.8) is 0 Å². The second-order valence-electron chi connectivity index (χ2n) is 4.29. The number of nitrogens with two attached hydrogens (primary N) is 1. The summed E-state index contributed by atoms with van der Waals surface area (Å²) in [6.45, 7) is 2.01. The largest absolute Gasteiger partial charge is 0.464 e. The Labute approximate surface area is 116 Å². The number of hydrogen-bond donors (Lipinski definition) is 2. The van der Waals surface area contributed by atoms with Crippen LogP contribution in [0, 0.1) is 5.82 Å². The number of aryl methyl sites for hydroxylation is 1. The van der Waals surface area contributed by atoms with E-state index < -0.39 is 5.82 Å². The van der Waals surface area contributed by atoms with E-state index in [2.05, 4.69) is 5.43 Å². The lowest BCUT2D eigenvalue weighted by Gasteiger charge is -2.14. The van der Waals surface area contributed by atoms with E-state index in [1.807, 2.05) is 19.1 Å². The quantitative estimate of drug-likeness (QED) is 0.653. The lowest BCUT2D eigenvalue weighted by molar-refractivity contribution is 0.396. The predicted octanol–water partition coefficient (Wildman–Crippen LogP) is 3.38. The zero-order valence-electron chi connectivity index (χ0n) is 10.6. The average molecular weight is 283 g/mol. The molecule has 0 bridgehead atoms. The van der Waals surface area contributed by atoms with Crippen molar-refractivity contribution in [3.8, 4) is 0 Å². The van der Waals surface area contributed by atoms with Crippen LogP contribution in [0.5, 0.6) is 0 Å². The molecule has 0 saturated heterocycles. The molecule has 0 saturated carbocycles. The minimum atomic E-state index is -0.427. The van der Waals surface area contributed by atoms with Crippen molar-refractivity contribution in [1.82, 2.24) is 5.43 Å². The summed E-state index contributed by atoms with van der Waals surface area (Å²) in [7, 11) is 0. The van der Waals surface area contributed by atoms with E-state index in [0.29, 0.717) is 12.0 Å². The SMILES string of the molecule is CCc1ccc(C(Cc2cccc(F)c2Cl)NN)o1. The molecule has 102 valence electrons. The highest BCUT2D eigenvalue weighted by atomic mass is 35.5. The Morgan fingerprint density at radius 3 is 2.79 bits per heavy atom. The van der Waals surface area contributed by atoms with E-state index in [4.69, 9.17) is 21.9 Å². The van der Waals surface area contributed by atoms with Crippen molar-refractivity contribution in [2.75, 3.05) is 0 Å². The van der Waals surface area contributed by atoms with Gasteiger partial charge in [0.15, 0.2) is 0 Å². The monoisotopic (exact) mass is 282 g/mol. The molecule has 0 aliphatic carbocycles. The van der Waals surface area contributed by atoms with Crippen LogP contribution in [0.15, 0.2) is 34.7 Å². The average Bonchev–Trinajstić information content (AvgIpc) is 2.89. The van der Waals surface area contributed by atoms with E-state index in [1.54, 1.807) is 12.1 Å². The molecule has 1 aromatic heterocycles. The molecule has 0 aliphatic rings. The lowest BCUT2D eigenvalue weighted by atomic mass is 10.0. The van der Waals surface area contributed by atoms with Gasteiger partial charge in [0.1, 0.15) is 17.3 Å². The fourth-order valence-corrected chi connectivity index (χ4v) is 2.14. The Balaban J connectivity index is 2.21. The summed E-state index contributed by atoms with van der Waals surface area (Å²) in [6, 6.07) is 8.28. The Morgan fingerprint density at radius 1 is 1.37 bits per heavy atom. The third kappa shape index (κ3) is 3.15. The zero-order chi connectivity index (χ0) is 13.8. The van der Waals surface area contributed by atoms with Crippen LogP contribution in [0.1, 0.15) is 30.0 Å². The van der Waals surface area contributed by atoms with Crippen molar-refractivity contribution < 1.29 is 8.81 Å². The molecular formula is C14H16ClFN2O. The number of nitrogens with one attached hydrogen (secondary N) is 1. The van der Waals surface area contributed by atoms with Gasteiger partial charge in [0.2, 0.25) is 0 Å². The van der Waals surface area contributed by atoms with E-state index in [0.717, 1.165) is 17.9 Å². The van der Waals surface area contributed by atoms with Gasteiger partial charge in [0.05, 0.1) is 11.1 Å². The molecule has 0 fully saturated rings. The molecule has 0 radical (unpaired) electrons. The van der Waals surface area contributed by atoms with Gasteiger partial charge >= 0.3 is 0 Å². The number of rotatable bonds is 5. The molecule has 19 heavy (non-hydrogen) atoms. The van der Waals surface area contributed by atoms with Crippen LogP contribution in [0.25, 0.3) is 0 Å². The van der Waals surface area contributed by atoms with Crippen LogP contribution in [-0.4, -0.2) is 0 Å². The van der Waals surface area contributed by atoms with Crippen molar-refractivity contribution in [2.24, 2.45) is 5.84 Å². The van der Waals surface area contributed by atoms with Gasteiger partial charge in [-0.1, -0.05) is 30.7 Å². The van der Waals surface area contributed by atoms with Crippen LogP contribution in [0.4, 0.5) is 4.39 Å². The molecule has 0 amide bonds. The maximum Gasteiger partial charge on any atom is 0.142 e. The first-order valence-electron chi connectivity index (χ1n) is 6.13. The Bertz CT molecular complexity index is 556. The smallest absolute Gasteiger partial charge is 0.142 e. The summed E-state index contributed by atoms with van der Waals surface area (Å²) < 4.78 is 19.0. The molecule has 3 nitrogen and oxygen atoms in total. The number of halogens is 2. The summed E-state index contributed by atoms with van der Waals surface area (Å²) in [5, 5.41) is 0.130. The van der Waals surface area contributed by atoms with Gasteiger partial charge in [-0.25, -0.2) is 9.82 Å². The molecule has 0 spiro atoms. The van der Waals surface area contributed by atoms with E-state index >= 15 is 0 Å². The third-order valence-electron chi connectivity index (χ3n) is 3.03. The van der Waals surface area contributed by atoms with Gasteiger partial charge in [-0.3, -0.25) is 5.84 Å². The highest BCUT2D eigenvalue weighted by Gasteiger charge is 2.17. The Hall–Kier alpha value is -1.36. The topological polar surface area (TPSA) is 51.2 Å². The fourth-order valence-electron chi connectivity index (χ4n) is 1.94. The fraction of sp³-hybridized carbons (Fsp3) is 0.286. The van der Waals surface area contributed by atoms with Crippen molar-refractivity contribution >= 4 is 11.6 Å². The number of furan rings is 1. The van der Waals surface area contributed by atoms with Crippen molar-refractivity contribution in [1.29, 1.82) is 0 Å². The second-order valence-corrected chi connectivity index (χ2v) is 4.67. The minimum absolute atomic E-state index is 0.130. The molecule has 2 aromatic rings. The minimum Gasteiger partial charge on any atom is -0.464 e. The van der Waals surface area contributed by atoms with E-state index in [9.17, 15) is 4.39 Å². The van der Waals surface area contributed by atoms with Crippen LogP contribution in [-0.2, 0) is 12.8 Å². The summed E-state index contributed by atoms with van der Waals surface area (Å²) in [4.78, 5) is 0. The number of hydrogen-bond acceptors (Lipinski definition) is 3. The normalized spacial score (nSPS) is 12.6. The second kappa shape index (κ2) is 6.19. The summed E-state index contributed by atoms with van der Waals surface area (Å²) in [5.41, 5.74) is 3.37. The maximum absolute atomic E-state index is 13.4. The highest BCUT2D eigenvalue weighted by molar-refractivity contribution is 6.31. The lowest BCUT2D eigenvalue weighted by Crippen LogP contribution is -2.29. The Kier molecular flexibility index (Phi) is 4.58. The molecule has 2 rings (SSSR count). The van der Waals surface area contributed by atoms with Gasteiger partial charge in [0.25, 0.3) is 0 Å². The van der Waals surface area contributed by atoms with Crippen LogP contribution in [0.3, 0.4) is 0 Å². The summed E-state index contributed by atoms with van der Waals surface area (Å²) in [6.07, 6.45) is 1.28. The molecule has 1 heterocycles. The van der Waals surface area contributed by atoms with Gasteiger partial charge in [0, 0.05) is 6.42 Å². The van der Waals surface area contributed by atoms with Crippen LogP contribution < -0.4 is 11.3 Å². The third-order valence-corrected chi connectivity index (χ3v) is 3.45. The number of hydrazine groups is 1. The predicted molar refractivity (Wildman–Crippen MR) is 73.3 cm³/mol. The highest BCUT2D eigenvalue weighted by Crippen LogP contribution is 2.26. The molecule has 1 atom stereocenters.